The normalized spacial score (nSPS) is 12.0. The lowest BCUT2D eigenvalue weighted by Gasteiger charge is -2.18. The van der Waals surface area contributed by atoms with Gasteiger partial charge >= 0.3 is 0 Å². The van der Waals surface area contributed by atoms with Crippen molar-refractivity contribution in [2.75, 3.05) is 31.6 Å². The first kappa shape index (κ1) is 18.2. The number of thioether (sulfide) groups is 1. The van der Waals surface area contributed by atoms with Crippen molar-refractivity contribution in [1.29, 1.82) is 0 Å². The molecule has 0 bridgehead atoms. The molecule has 6 heteroatoms. The van der Waals surface area contributed by atoms with Crippen molar-refractivity contribution in [2.45, 2.75) is 39.2 Å². The zero-order chi connectivity index (χ0) is 14.7. The van der Waals surface area contributed by atoms with Crippen LogP contribution in [0.5, 0.6) is 0 Å². The fourth-order valence-electron chi connectivity index (χ4n) is 1.69. The highest BCUT2D eigenvalue weighted by Gasteiger charge is 2.13. The van der Waals surface area contributed by atoms with Crippen LogP contribution < -0.4 is 11.1 Å². The molecule has 0 aromatic rings. The zero-order valence-electron chi connectivity index (χ0n) is 12.3. The maximum atomic E-state index is 11.7. The molecule has 3 N–H and O–H groups in total. The summed E-state index contributed by atoms with van der Waals surface area (Å²) in [6.07, 6.45) is 3.81. The molecule has 0 aromatic heterocycles. The fraction of sp³-hybridized carbons (Fsp3) is 0.846. The van der Waals surface area contributed by atoms with Crippen molar-refractivity contribution in [3.8, 4) is 0 Å². The number of nitrogens with zero attached hydrogens (tertiary/aromatic N) is 1. The van der Waals surface area contributed by atoms with E-state index >= 15 is 0 Å². The lowest BCUT2D eigenvalue weighted by Crippen LogP contribution is -2.41. The van der Waals surface area contributed by atoms with Gasteiger partial charge in [0.2, 0.25) is 11.8 Å². The van der Waals surface area contributed by atoms with Gasteiger partial charge in [-0.25, -0.2) is 0 Å². The third kappa shape index (κ3) is 8.10. The van der Waals surface area contributed by atoms with Crippen molar-refractivity contribution in [1.82, 2.24) is 10.2 Å². The first-order valence-electron chi connectivity index (χ1n) is 6.86. The minimum absolute atomic E-state index is 0.121. The lowest BCUT2D eigenvalue weighted by molar-refractivity contribution is -0.131. The maximum absolute atomic E-state index is 11.7. The van der Waals surface area contributed by atoms with Gasteiger partial charge in [0.15, 0.2) is 0 Å². The number of carbonyl (C=O) groups excluding carboxylic acids is 2. The Morgan fingerprint density at radius 2 is 1.95 bits per heavy atom. The average molecular weight is 289 g/mol. The zero-order valence-corrected chi connectivity index (χ0v) is 13.1. The molecule has 5 nitrogen and oxygen atoms in total. The average Bonchev–Trinajstić information content (AvgIpc) is 2.41. The second kappa shape index (κ2) is 11.1. The van der Waals surface area contributed by atoms with Gasteiger partial charge in [0.25, 0.3) is 0 Å². The van der Waals surface area contributed by atoms with E-state index in [1.54, 1.807) is 16.7 Å². The lowest BCUT2D eigenvalue weighted by atomic mass is 10.2. The Bertz CT molecular complexity index is 271. The van der Waals surface area contributed by atoms with Gasteiger partial charge in [-0.05, 0) is 38.7 Å². The molecule has 1 atom stereocenters. The smallest absolute Gasteiger partial charge is 0.236 e. The standard InChI is InChI=1S/C13H27N3O2S/c1-4-16(5-2)12(17)7-6-9-15-13(18)11(14)8-10-19-3/h11H,4-10,14H2,1-3H3,(H,15,18)/t11-/m0/s1. The fourth-order valence-corrected chi connectivity index (χ4v) is 2.18. The molecule has 112 valence electrons. The number of hydrogen-bond donors (Lipinski definition) is 2. The highest BCUT2D eigenvalue weighted by Crippen LogP contribution is 1.99. The van der Waals surface area contributed by atoms with Crippen molar-refractivity contribution in [3.63, 3.8) is 0 Å². The molecule has 0 aliphatic rings. The van der Waals surface area contributed by atoms with Crippen LogP contribution in [0.25, 0.3) is 0 Å². The second-order valence-electron chi connectivity index (χ2n) is 4.35. The van der Waals surface area contributed by atoms with Crippen LogP contribution in [0.3, 0.4) is 0 Å². The number of nitrogens with two attached hydrogens (primary N) is 1. The number of carbonyl (C=O) groups is 2. The largest absolute Gasteiger partial charge is 0.355 e. The number of hydrogen-bond acceptors (Lipinski definition) is 4. The van der Waals surface area contributed by atoms with E-state index in [0.29, 0.717) is 25.8 Å². The first-order chi connectivity index (χ1) is 9.06. The predicted molar refractivity (Wildman–Crippen MR) is 81.1 cm³/mol. The van der Waals surface area contributed by atoms with Gasteiger partial charge in [0, 0.05) is 26.1 Å². The molecule has 0 rings (SSSR count). The van der Waals surface area contributed by atoms with E-state index in [1.807, 2.05) is 20.1 Å². The Hall–Kier alpha value is -0.750. The number of rotatable bonds is 10. The molecule has 0 heterocycles. The summed E-state index contributed by atoms with van der Waals surface area (Å²) in [6.45, 7) is 5.92. The summed E-state index contributed by atoms with van der Waals surface area (Å²) in [6, 6.07) is -0.439. The SMILES string of the molecule is CCN(CC)C(=O)CCCNC(=O)[C@@H](N)CCSC. The molecule has 0 fully saturated rings. The Kier molecular flexibility index (Phi) is 10.7. The number of amides is 2. The van der Waals surface area contributed by atoms with E-state index < -0.39 is 6.04 Å². The molecular formula is C13H27N3O2S. The predicted octanol–water partition coefficient (Wildman–Crippen LogP) is 0.832. The van der Waals surface area contributed by atoms with Crippen LogP contribution in [0.4, 0.5) is 0 Å². The van der Waals surface area contributed by atoms with Gasteiger partial charge in [0.05, 0.1) is 6.04 Å². The van der Waals surface area contributed by atoms with Crippen molar-refractivity contribution in [3.05, 3.63) is 0 Å². The topological polar surface area (TPSA) is 75.4 Å². The molecule has 0 aliphatic heterocycles. The highest BCUT2D eigenvalue weighted by atomic mass is 32.2. The molecule has 0 spiro atoms. The van der Waals surface area contributed by atoms with Crippen molar-refractivity contribution in [2.24, 2.45) is 5.73 Å². The summed E-state index contributed by atoms with van der Waals surface area (Å²) in [5.74, 6) is 0.907. The molecule has 0 aliphatic carbocycles. The van der Waals surface area contributed by atoms with Gasteiger partial charge in [-0.1, -0.05) is 0 Å². The highest BCUT2D eigenvalue weighted by molar-refractivity contribution is 7.98. The van der Waals surface area contributed by atoms with E-state index in [2.05, 4.69) is 5.32 Å². The van der Waals surface area contributed by atoms with Gasteiger partial charge < -0.3 is 16.0 Å². The van der Waals surface area contributed by atoms with Crippen LogP contribution in [0.1, 0.15) is 33.1 Å². The third-order valence-corrected chi connectivity index (χ3v) is 3.60. The van der Waals surface area contributed by atoms with Crippen LogP contribution in [0, 0.1) is 0 Å². The summed E-state index contributed by atoms with van der Waals surface area (Å²) in [5, 5.41) is 2.78. The molecule has 0 saturated heterocycles. The monoisotopic (exact) mass is 289 g/mol. The van der Waals surface area contributed by atoms with Crippen LogP contribution in [0.15, 0.2) is 0 Å². The van der Waals surface area contributed by atoms with Gasteiger partial charge in [-0.2, -0.15) is 11.8 Å². The van der Waals surface area contributed by atoms with Crippen LogP contribution >= 0.6 is 11.8 Å². The minimum atomic E-state index is -0.439. The van der Waals surface area contributed by atoms with Crippen molar-refractivity contribution >= 4 is 23.6 Å². The van der Waals surface area contributed by atoms with Crippen molar-refractivity contribution < 1.29 is 9.59 Å². The van der Waals surface area contributed by atoms with Crippen LogP contribution in [0.2, 0.25) is 0 Å². The Morgan fingerprint density at radius 3 is 2.47 bits per heavy atom. The van der Waals surface area contributed by atoms with Gasteiger partial charge in [0.1, 0.15) is 0 Å². The van der Waals surface area contributed by atoms with E-state index in [1.165, 1.54) is 0 Å². The summed E-state index contributed by atoms with van der Waals surface area (Å²) in [4.78, 5) is 25.1. The minimum Gasteiger partial charge on any atom is -0.355 e. The molecule has 19 heavy (non-hydrogen) atoms. The summed E-state index contributed by atoms with van der Waals surface area (Å²) >= 11 is 1.68. The number of nitrogens with one attached hydrogen (secondary N) is 1. The Balaban J connectivity index is 3.73. The van der Waals surface area contributed by atoms with E-state index in [-0.39, 0.29) is 11.8 Å². The molecule has 0 unspecified atom stereocenters. The maximum Gasteiger partial charge on any atom is 0.236 e. The molecule has 0 radical (unpaired) electrons. The third-order valence-electron chi connectivity index (χ3n) is 2.95. The summed E-state index contributed by atoms with van der Waals surface area (Å²) in [5.41, 5.74) is 5.74. The summed E-state index contributed by atoms with van der Waals surface area (Å²) < 4.78 is 0. The molecule has 0 saturated carbocycles. The Morgan fingerprint density at radius 1 is 1.32 bits per heavy atom. The molecule has 0 aromatic carbocycles. The quantitative estimate of drug-likeness (QED) is 0.584. The second-order valence-corrected chi connectivity index (χ2v) is 5.33. The van der Waals surface area contributed by atoms with Gasteiger partial charge in [-0.3, -0.25) is 9.59 Å². The van der Waals surface area contributed by atoms with E-state index in [4.69, 9.17) is 5.73 Å². The molecular weight excluding hydrogens is 262 g/mol. The van der Waals surface area contributed by atoms with Crippen LogP contribution in [-0.4, -0.2) is 54.4 Å². The summed E-state index contributed by atoms with van der Waals surface area (Å²) in [7, 11) is 0. The van der Waals surface area contributed by atoms with Gasteiger partial charge in [-0.15, -0.1) is 0 Å². The molecule has 2 amide bonds. The van der Waals surface area contributed by atoms with Crippen LogP contribution in [-0.2, 0) is 9.59 Å². The first-order valence-corrected chi connectivity index (χ1v) is 8.26. The Labute approximate surface area is 120 Å². The van der Waals surface area contributed by atoms with E-state index in [0.717, 1.165) is 18.8 Å². The van der Waals surface area contributed by atoms with E-state index in [9.17, 15) is 9.59 Å².